The van der Waals surface area contributed by atoms with Gasteiger partial charge in [0.05, 0.1) is 12.8 Å². The van der Waals surface area contributed by atoms with Gasteiger partial charge in [-0.2, -0.15) is 0 Å². The van der Waals surface area contributed by atoms with Gasteiger partial charge in [-0.3, -0.25) is 0 Å². The van der Waals surface area contributed by atoms with Crippen molar-refractivity contribution in [2.45, 2.75) is 26.3 Å². The second-order valence-electron chi connectivity index (χ2n) is 3.77. The van der Waals surface area contributed by atoms with Crippen LogP contribution in [0.3, 0.4) is 0 Å². The van der Waals surface area contributed by atoms with Gasteiger partial charge in [0.2, 0.25) is 0 Å². The van der Waals surface area contributed by atoms with Gasteiger partial charge in [-0.1, -0.05) is 13.3 Å². The van der Waals surface area contributed by atoms with Crippen LogP contribution in [-0.4, -0.2) is 9.97 Å². The Morgan fingerprint density at radius 1 is 1.41 bits per heavy atom. The van der Waals surface area contributed by atoms with Gasteiger partial charge in [-0.25, -0.2) is 9.97 Å². The Labute approximate surface area is 100 Å². The summed E-state index contributed by atoms with van der Waals surface area (Å²) in [5, 5.41) is 3.22. The van der Waals surface area contributed by atoms with Crippen LogP contribution in [0.4, 0.5) is 11.6 Å². The molecule has 5 heteroatoms. The second-order valence-corrected chi connectivity index (χ2v) is 3.77. The Kier molecular flexibility index (Phi) is 3.59. The van der Waals surface area contributed by atoms with E-state index < -0.39 is 0 Å². The largest absolute Gasteiger partial charge is 0.467 e. The van der Waals surface area contributed by atoms with Crippen molar-refractivity contribution >= 4 is 11.6 Å². The zero-order valence-corrected chi connectivity index (χ0v) is 9.81. The summed E-state index contributed by atoms with van der Waals surface area (Å²) in [7, 11) is 0. The molecule has 17 heavy (non-hydrogen) atoms. The predicted molar refractivity (Wildman–Crippen MR) is 66.5 cm³/mol. The molecule has 0 amide bonds. The highest BCUT2D eigenvalue weighted by molar-refractivity contribution is 5.54. The number of rotatable bonds is 5. The highest BCUT2D eigenvalue weighted by Gasteiger charge is 2.08. The lowest BCUT2D eigenvalue weighted by Gasteiger charge is -2.10. The first-order valence-corrected chi connectivity index (χ1v) is 5.67. The summed E-state index contributed by atoms with van der Waals surface area (Å²) in [4.78, 5) is 8.22. The molecule has 2 rings (SSSR count). The van der Waals surface area contributed by atoms with Crippen molar-refractivity contribution in [3.8, 4) is 0 Å². The number of hydrogen-bond donors (Lipinski definition) is 2. The van der Waals surface area contributed by atoms with E-state index in [2.05, 4.69) is 22.2 Å². The summed E-state index contributed by atoms with van der Waals surface area (Å²) in [5.74, 6) is 2.20. The van der Waals surface area contributed by atoms with E-state index in [1.165, 1.54) is 6.33 Å². The third kappa shape index (κ3) is 2.75. The minimum Gasteiger partial charge on any atom is -0.467 e. The van der Waals surface area contributed by atoms with Crippen molar-refractivity contribution < 1.29 is 4.42 Å². The van der Waals surface area contributed by atoms with E-state index in [9.17, 15) is 0 Å². The highest BCUT2D eigenvalue weighted by atomic mass is 16.3. The van der Waals surface area contributed by atoms with E-state index in [1.807, 2.05) is 12.1 Å². The lowest BCUT2D eigenvalue weighted by molar-refractivity contribution is 0.517. The molecule has 2 aromatic rings. The first kappa shape index (κ1) is 11.4. The normalized spacial score (nSPS) is 10.4. The van der Waals surface area contributed by atoms with Crippen LogP contribution >= 0.6 is 0 Å². The molecule has 0 unspecified atom stereocenters. The molecule has 0 saturated heterocycles. The van der Waals surface area contributed by atoms with Crippen molar-refractivity contribution in [1.82, 2.24) is 9.97 Å². The fourth-order valence-corrected chi connectivity index (χ4v) is 1.66. The number of hydrogen-bond acceptors (Lipinski definition) is 5. The van der Waals surface area contributed by atoms with E-state index >= 15 is 0 Å². The van der Waals surface area contributed by atoms with Crippen LogP contribution in [0, 0.1) is 0 Å². The van der Waals surface area contributed by atoms with Crippen LogP contribution in [0.15, 0.2) is 29.1 Å². The molecule has 2 aromatic heterocycles. The molecule has 90 valence electrons. The summed E-state index contributed by atoms with van der Waals surface area (Å²) in [6.07, 6.45) is 5.00. The Bertz CT molecular complexity index is 467. The van der Waals surface area contributed by atoms with Crippen LogP contribution < -0.4 is 11.1 Å². The maximum atomic E-state index is 5.84. The van der Waals surface area contributed by atoms with Crippen LogP contribution in [0.5, 0.6) is 0 Å². The Morgan fingerprint density at radius 2 is 2.29 bits per heavy atom. The third-order valence-corrected chi connectivity index (χ3v) is 2.49. The summed E-state index contributed by atoms with van der Waals surface area (Å²) in [6, 6.07) is 3.77. The van der Waals surface area contributed by atoms with Crippen LogP contribution in [0.1, 0.15) is 24.7 Å². The van der Waals surface area contributed by atoms with Gasteiger partial charge in [0.15, 0.2) is 0 Å². The predicted octanol–water partition coefficient (Wildman–Crippen LogP) is 2.22. The van der Waals surface area contributed by atoms with Gasteiger partial charge >= 0.3 is 0 Å². The molecule has 0 bridgehead atoms. The number of nitrogens with two attached hydrogens (primary N) is 1. The zero-order chi connectivity index (χ0) is 12.1. The number of furan rings is 1. The Balaban J connectivity index is 2.11. The third-order valence-electron chi connectivity index (χ3n) is 2.49. The van der Waals surface area contributed by atoms with E-state index in [0.717, 1.165) is 30.0 Å². The van der Waals surface area contributed by atoms with E-state index in [0.29, 0.717) is 12.4 Å². The van der Waals surface area contributed by atoms with Gasteiger partial charge < -0.3 is 15.5 Å². The first-order valence-electron chi connectivity index (χ1n) is 5.67. The monoisotopic (exact) mass is 232 g/mol. The maximum Gasteiger partial charge on any atom is 0.135 e. The number of aromatic nitrogens is 2. The number of nitrogen functional groups attached to an aromatic ring is 1. The smallest absolute Gasteiger partial charge is 0.135 e. The van der Waals surface area contributed by atoms with Gasteiger partial charge in [-0.15, -0.1) is 0 Å². The summed E-state index contributed by atoms with van der Waals surface area (Å²) in [5.41, 5.74) is 6.82. The summed E-state index contributed by atoms with van der Waals surface area (Å²) >= 11 is 0. The quantitative estimate of drug-likeness (QED) is 0.826. The second kappa shape index (κ2) is 5.34. The molecular weight excluding hydrogens is 216 g/mol. The van der Waals surface area contributed by atoms with Crippen molar-refractivity contribution in [2.75, 3.05) is 11.1 Å². The molecule has 0 radical (unpaired) electrons. The summed E-state index contributed by atoms with van der Waals surface area (Å²) in [6.45, 7) is 2.70. The molecule has 0 fully saturated rings. The molecule has 0 atom stereocenters. The molecule has 0 aromatic carbocycles. The number of anilines is 2. The SMILES string of the molecule is CCCc1c(N)ncnc1NCc1ccco1. The molecule has 0 spiro atoms. The highest BCUT2D eigenvalue weighted by Crippen LogP contribution is 2.19. The molecular formula is C12H16N4O. The average molecular weight is 232 g/mol. The topological polar surface area (TPSA) is 77.0 Å². The molecule has 0 aliphatic heterocycles. The molecule has 0 aliphatic carbocycles. The summed E-state index contributed by atoms with van der Waals surface area (Å²) < 4.78 is 5.25. The maximum absolute atomic E-state index is 5.84. The van der Waals surface area contributed by atoms with Crippen LogP contribution in [0.2, 0.25) is 0 Å². The van der Waals surface area contributed by atoms with Gasteiger partial charge in [0.1, 0.15) is 23.7 Å². The molecule has 2 heterocycles. The van der Waals surface area contributed by atoms with E-state index in [-0.39, 0.29) is 0 Å². The molecule has 0 aliphatic rings. The van der Waals surface area contributed by atoms with Gasteiger partial charge in [0, 0.05) is 5.56 Å². The lowest BCUT2D eigenvalue weighted by atomic mass is 10.1. The first-order chi connectivity index (χ1) is 8.31. The minimum atomic E-state index is 0.545. The van der Waals surface area contributed by atoms with Crippen molar-refractivity contribution in [3.05, 3.63) is 36.0 Å². The molecule has 3 N–H and O–H groups in total. The van der Waals surface area contributed by atoms with E-state index in [4.69, 9.17) is 10.2 Å². The lowest BCUT2D eigenvalue weighted by Crippen LogP contribution is -2.08. The van der Waals surface area contributed by atoms with E-state index in [1.54, 1.807) is 6.26 Å². The van der Waals surface area contributed by atoms with Gasteiger partial charge in [0.25, 0.3) is 0 Å². The zero-order valence-electron chi connectivity index (χ0n) is 9.81. The van der Waals surface area contributed by atoms with Crippen LogP contribution in [0.25, 0.3) is 0 Å². The molecule has 5 nitrogen and oxygen atoms in total. The standard InChI is InChI=1S/C12H16N4O/c1-2-4-10-11(13)15-8-16-12(10)14-7-9-5-3-6-17-9/h3,5-6,8H,2,4,7H2,1H3,(H3,13,14,15,16). The fraction of sp³-hybridized carbons (Fsp3) is 0.333. The average Bonchev–Trinajstić information content (AvgIpc) is 2.83. The van der Waals surface area contributed by atoms with Crippen molar-refractivity contribution in [1.29, 1.82) is 0 Å². The minimum absolute atomic E-state index is 0.545. The Hall–Kier alpha value is -2.04. The van der Waals surface area contributed by atoms with Crippen LogP contribution in [-0.2, 0) is 13.0 Å². The number of nitrogens with one attached hydrogen (secondary N) is 1. The van der Waals surface area contributed by atoms with Gasteiger partial charge in [-0.05, 0) is 18.6 Å². The van der Waals surface area contributed by atoms with Crippen molar-refractivity contribution in [3.63, 3.8) is 0 Å². The molecule has 0 saturated carbocycles. The Morgan fingerprint density at radius 3 is 3.00 bits per heavy atom. The number of nitrogens with zero attached hydrogens (tertiary/aromatic N) is 2. The van der Waals surface area contributed by atoms with Crippen molar-refractivity contribution in [2.24, 2.45) is 0 Å². The fourth-order valence-electron chi connectivity index (χ4n) is 1.66.